The number of aromatic nitrogens is 2. The van der Waals surface area contributed by atoms with Crippen molar-refractivity contribution in [3.8, 4) is 6.07 Å². The lowest BCUT2D eigenvalue weighted by Gasteiger charge is -2.17. The van der Waals surface area contributed by atoms with Crippen LogP contribution < -0.4 is 11.1 Å². The number of nitrogens with two attached hydrogens (primary N) is 1. The molecule has 1 amide bonds. The number of rotatable bonds is 7. The zero-order chi connectivity index (χ0) is 26.2. The molecule has 0 radical (unpaired) electrons. The Balaban J connectivity index is 1.96. The summed E-state index contributed by atoms with van der Waals surface area (Å²) in [5.41, 5.74) is 3.18. The molecule has 1 aliphatic rings. The van der Waals surface area contributed by atoms with Crippen LogP contribution in [0.3, 0.4) is 0 Å². The van der Waals surface area contributed by atoms with Crippen LogP contribution >= 0.6 is 11.6 Å². The number of nitriles is 1. The predicted octanol–water partition coefficient (Wildman–Crippen LogP) is 4.86. The molecule has 3 rings (SSSR count). The second-order valence-corrected chi connectivity index (χ2v) is 8.12. The maximum absolute atomic E-state index is 13.9. The van der Waals surface area contributed by atoms with Gasteiger partial charge in [0.25, 0.3) is 5.91 Å². The fraction of sp³-hybridized carbons (Fsp3) is 0.273. The zero-order valence-corrected chi connectivity index (χ0v) is 18.9. The Hall–Kier alpha value is -3.72. The van der Waals surface area contributed by atoms with E-state index in [0.717, 1.165) is 30.2 Å². The van der Waals surface area contributed by atoms with Gasteiger partial charge in [0.1, 0.15) is 5.54 Å². The number of alkyl halides is 5. The van der Waals surface area contributed by atoms with Crippen molar-refractivity contribution in [3.05, 3.63) is 58.4 Å². The van der Waals surface area contributed by atoms with E-state index in [-0.39, 0.29) is 22.0 Å². The molecule has 1 fully saturated rings. The van der Waals surface area contributed by atoms with Crippen LogP contribution in [0, 0.1) is 11.3 Å². The van der Waals surface area contributed by atoms with Crippen LogP contribution in [0.4, 0.5) is 27.8 Å². The molecular weight excluding hydrogens is 495 g/mol. The lowest BCUT2D eigenvalue weighted by molar-refractivity contribution is -0.291. The SMILES string of the molecule is C=Cc1c(C(F)(F)C(F)(F)F)nn(C)c1N=CC(=CN)c1ccc(Cl)c(C(=O)NC2(C#N)CC2)c1. The van der Waals surface area contributed by atoms with Gasteiger partial charge in [-0.05, 0) is 30.5 Å². The van der Waals surface area contributed by atoms with Crippen molar-refractivity contribution >= 4 is 41.2 Å². The normalized spacial score (nSPS) is 15.7. The minimum Gasteiger partial charge on any atom is -0.404 e. The first-order chi connectivity index (χ1) is 16.3. The highest BCUT2D eigenvalue weighted by molar-refractivity contribution is 6.34. The van der Waals surface area contributed by atoms with Crippen molar-refractivity contribution < 1.29 is 26.7 Å². The number of aliphatic imine (C=N–C) groups is 1. The summed E-state index contributed by atoms with van der Waals surface area (Å²) in [6.45, 7) is 3.30. The second-order valence-electron chi connectivity index (χ2n) is 7.71. The molecule has 0 bridgehead atoms. The average molecular weight is 513 g/mol. The van der Waals surface area contributed by atoms with Crippen molar-refractivity contribution in [2.75, 3.05) is 0 Å². The third-order valence-electron chi connectivity index (χ3n) is 5.28. The summed E-state index contributed by atoms with van der Waals surface area (Å²) >= 11 is 6.13. The van der Waals surface area contributed by atoms with Gasteiger partial charge in [-0.1, -0.05) is 30.3 Å². The van der Waals surface area contributed by atoms with Crippen molar-refractivity contribution in [1.82, 2.24) is 15.1 Å². The van der Waals surface area contributed by atoms with Crippen LogP contribution in [0.1, 0.15) is 40.0 Å². The Kier molecular flexibility index (Phi) is 6.77. The van der Waals surface area contributed by atoms with E-state index in [2.05, 4.69) is 22.0 Å². The van der Waals surface area contributed by atoms with Crippen LogP contribution in [0.25, 0.3) is 11.6 Å². The molecule has 1 heterocycles. The lowest BCUT2D eigenvalue weighted by atomic mass is 10.0. The summed E-state index contributed by atoms with van der Waals surface area (Å²) < 4.78 is 67.3. The van der Waals surface area contributed by atoms with E-state index >= 15 is 0 Å². The maximum atomic E-state index is 13.9. The maximum Gasteiger partial charge on any atom is 0.459 e. The molecule has 1 saturated carbocycles. The Morgan fingerprint density at radius 2 is 2.03 bits per heavy atom. The number of carbonyl (C=O) groups excluding carboxylic acids is 1. The smallest absolute Gasteiger partial charge is 0.404 e. The molecule has 0 aliphatic heterocycles. The molecule has 1 aromatic carbocycles. The molecule has 7 nitrogen and oxygen atoms in total. The number of allylic oxidation sites excluding steroid dienone is 1. The molecule has 1 aromatic heterocycles. The van der Waals surface area contributed by atoms with Crippen LogP contribution in [0.2, 0.25) is 5.02 Å². The third-order valence-corrected chi connectivity index (χ3v) is 5.61. The van der Waals surface area contributed by atoms with Crippen LogP contribution in [-0.2, 0) is 13.0 Å². The molecule has 3 N–H and O–H groups in total. The van der Waals surface area contributed by atoms with Gasteiger partial charge in [-0.2, -0.15) is 32.3 Å². The fourth-order valence-electron chi connectivity index (χ4n) is 3.14. The molecule has 0 spiro atoms. The first-order valence-electron chi connectivity index (χ1n) is 9.94. The van der Waals surface area contributed by atoms with Gasteiger partial charge in [-0.15, -0.1) is 0 Å². The van der Waals surface area contributed by atoms with Gasteiger partial charge in [0.05, 0.1) is 16.7 Å². The summed E-state index contributed by atoms with van der Waals surface area (Å²) in [6, 6.07) is 6.33. The largest absolute Gasteiger partial charge is 0.459 e. The first-order valence-corrected chi connectivity index (χ1v) is 10.3. The molecule has 13 heteroatoms. The molecule has 2 aromatic rings. The van der Waals surface area contributed by atoms with Gasteiger partial charge in [-0.25, -0.2) is 9.67 Å². The number of hydrogen-bond donors (Lipinski definition) is 2. The van der Waals surface area contributed by atoms with Gasteiger partial charge in [-0.3, -0.25) is 4.79 Å². The Morgan fingerprint density at radius 3 is 2.54 bits per heavy atom. The number of nitrogens with one attached hydrogen (secondary N) is 1. The van der Waals surface area contributed by atoms with Gasteiger partial charge in [0, 0.05) is 30.6 Å². The van der Waals surface area contributed by atoms with Gasteiger partial charge in [0.2, 0.25) is 0 Å². The summed E-state index contributed by atoms with van der Waals surface area (Å²) in [4.78, 5) is 16.6. The van der Waals surface area contributed by atoms with E-state index in [0.29, 0.717) is 18.4 Å². The monoisotopic (exact) mass is 512 g/mol. The number of aryl methyl sites for hydroxylation is 1. The molecular formula is C22H18ClF5N6O. The van der Waals surface area contributed by atoms with E-state index < -0.39 is 34.8 Å². The topological polar surface area (TPSA) is 109 Å². The highest BCUT2D eigenvalue weighted by Crippen LogP contribution is 2.46. The van der Waals surface area contributed by atoms with Gasteiger partial charge in [0.15, 0.2) is 11.5 Å². The van der Waals surface area contributed by atoms with Gasteiger partial charge < -0.3 is 11.1 Å². The Labute approximate surface area is 201 Å². The van der Waals surface area contributed by atoms with Crippen molar-refractivity contribution in [3.63, 3.8) is 0 Å². The number of halogens is 6. The number of benzene rings is 1. The summed E-state index contributed by atoms with van der Waals surface area (Å²) in [7, 11) is 1.15. The Morgan fingerprint density at radius 1 is 1.37 bits per heavy atom. The number of carbonyl (C=O) groups is 1. The van der Waals surface area contributed by atoms with Crippen molar-refractivity contribution in [2.45, 2.75) is 30.5 Å². The predicted molar refractivity (Wildman–Crippen MR) is 120 cm³/mol. The summed E-state index contributed by atoms with van der Waals surface area (Å²) in [6.07, 6.45) is -1.83. The highest BCUT2D eigenvalue weighted by Gasteiger charge is 2.61. The first kappa shape index (κ1) is 25.9. The summed E-state index contributed by atoms with van der Waals surface area (Å²) in [5.74, 6) is -6.13. The minimum atomic E-state index is -5.87. The van der Waals surface area contributed by atoms with E-state index in [1.165, 1.54) is 18.2 Å². The average Bonchev–Trinajstić information content (AvgIpc) is 3.49. The minimum absolute atomic E-state index is 0.0536. The van der Waals surface area contributed by atoms with E-state index in [9.17, 15) is 32.0 Å². The van der Waals surface area contributed by atoms with Crippen LogP contribution in [0.15, 0.2) is 36.0 Å². The van der Waals surface area contributed by atoms with E-state index in [1.807, 2.05) is 6.07 Å². The molecule has 0 unspecified atom stereocenters. The summed E-state index contributed by atoms with van der Waals surface area (Å²) in [5, 5.41) is 15.2. The van der Waals surface area contributed by atoms with Crippen molar-refractivity contribution in [2.24, 2.45) is 17.8 Å². The van der Waals surface area contributed by atoms with Gasteiger partial charge >= 0.3 is 12.1 Å². The zero-order valence-electron chi connectivity index (χ0n) is 18.1. The molecule has 184 valence electrons. The number of amides is 1. The fourth-order valence-corrected chi connectivity index (χ4v) is 3.34. The van der Waals surface area contributed by atoms with E-state index in [1.54, 1.807) is 0 Å². The standard InChI is InChI=1S/C22H18ClF5N6O/c1-3-14-17(21(24,25)22(26,27)28)33-34(2)18(14)31-10-13(9-29)12-4-5-16(23)15(8-12)19(35)32-20(11-30)6-7-20/h3-5,8-10H,1,6-7,29H2,2H3,(H,32,35). The Bertz CT molecular complexity index is 1280. The van der Waals surface area contributed by atoms with Crippen molar-refractivity contribution in [1.29, 1.82) is 5.26 Å². The molecule has 0 atom stereocenters. The van der Waals surface area contributed by atoms with Crippen LogP contribution in [0.5, 0.6) is 0 Å². The second kappa shape index (κ2) is 9.14. The molecule has 1 aliphatic carbocycles. The lowest BCUT2D eigenvalue weighted by Crippen LogP contribution is -2.35. The number of hydrogen-bond acceptors (Lipinski definition) is 5. The third kappa shape index (κ3) is 4.90. The molecule has 0 saturated heterocycles. The quantitative estimate of drug-likeness (QED) is 0.408. The van der Waals surface area contributed by atoms with E-state index in [4.69, 9.17) is 17.3 Å². The number of nitrogens with zero attached hydrogens (tertiary/aromatic N) is 4. The van der Waals surface area contributed by atoms with Crippen LogP contribution in [-0.4, -0.2) is 33.6 Å². The highest BCUT2D eigenvalue weighted by atomic mass is 35.5. The molecule has 35 heavy (non-hydrogen) atoms.